The van der Waals surface area contributed by atoms with Crippen LogP contribution in [0, 0.1) is 5.92 Å². The predicted octanol–water partition coefficient (Wildman–Crippen LogP) is 2.79. The van der Waals surface area contributed by atoms with Crippen molar-refractivity contribution in [1.82, 2.24) is 14.9 Å². The van der Waals surface area contributed by atoms with Crippen molar-refractivity contribution in [1.29, 1.82) is 0 Å². The SMILES string of the molecule is CC(=O)Nc1cccc(C(=O)N2Cc3cnc(CC(C)C)nc3C2)c1. The molecule has 25 heavy (non-hydrogen) atoms. The number of amides is 2. The third-order valence-corrected chi connectivity index (χ3v) is 4.01. The maximum atomic E-state index is 12.8. The maximum Gasteiger partial charge on any atom is 0.254 e. The number of carbonyl (C=O) groups excluding carboxylic acids is 2. The van der Waals surface area contributed by atoms with E-state index < -0.39 is 0 Å². The number of nitrogens with one attached hydrogen (secondary N) is 1. The number of benzene rings is 1. The lowest BCUT2D eigenvalue weighted by atomic mass is 10.1. The Morgan fingerprint density at radius 1 is 1.28 bits per heavy atom. The van der Waals surface area contributed by atoms with Crippen LogP contribution < -0.4 is 5.32 Å². The number of rotatable bonds is 4. The molecule has 0 aliphatic carbocycles. The lowest BCUT2D eigenvalue weighted by Gasteiger charge is -2.15. The molecule has 0 atom stereocenters. The van der Waals surface area contributed by atoms with Crippen molar-refractivity contribution in [3.05, 3.63) is 53.1 Å². The Balaban J connectivity index is 1.75. The Labute approximate surface area is 147 Å². The van der Waals surface area contributed by atoms with Gasteiger partial charge in [-0.25, -0.2) is 9.97 Å². The summed E-state index contributed by atoms with van der Waals surface area (Å²) in [5.74, 6) is 1.09. The van der Waals surface area contributed by atoms with Crippen LogP contribution in [0.3, 0.4) is 0 Å². The Hall–Kier alpha value is -2.76. The predicted molar refractivity (Wildman–Crippen MR) is 94.9 cm³/mol. The normalized spacial score (nSPS) is 13.0. The molecule has 0 radical (unpaired) electrons. The largest absolute Gasteiger partial charge is 0.328 e. The first kappa shape index (κ1) is 17.1. The molecule has 2 heterocycles. The molecule has 1 aliphatic heterocycles. The molecular formula is C19H22N4O2. The second-order valence-electron chi connectivity index (χ2n) is 6.78. The first-order chi connectivity index (χ1) is 11.9. The summed E-state index contributed by atoms with van der Waals surface area (Å²) in [7, 11) is 0. The Kier molecular flexibility index (Phi) is 4.79. The average Bonchev–Trinajstić information content (AvgIpc) is 2.96. The lowest BCUT2D eigenvalue weighted by Crippen LogP contribution is -2.25. The van der Waals surface area contributed by atoms with Gasteiger partial charge < -0.3 is 10.2 Å². The third kappa shape index (κ3) is 4.02. The summed E-state index contributed by atoms with van der Waals surface area (Å²) >= 11 is 0. The number of hydrogen-bond donors (Lipinski definition) is 1. The van der Waals surface area contributed by atoms with Crippen LogP contribution in [0.2, 0.25) is 0 Å². The van der Waals surface area contributed by atoms with Crippen molar-refractivity contribution in [2.24, 2.45) is 5.92 Å². The van der Waals surface area contributed by atoms with E-state index in [-0.39, 0.29) is 11.8 Å². The zero-order valence-corrected chi connectivity index (χ0v) is 14.7. The maximum absolute atomic E-state index is 12.8. The highest BCUT2D eigenvalue weighted by Gasteiger charge is 2.26. The van der Waals surface area contributed by atoms with E-state index in [1.165, 1.54) is 6.92 Å². The monoisotopic (exact) mass is 338 g/mol. The van der Waals surface area contributed by atoms with Gasteiger partial charge in [-0.15, -0.1) is 0 Å². The summed E-state index contributed by atoms with van der Waals surface area (Å²) in [4.78, 5) is 34.7. The summed E-state index contributed by atoms with van der Waals surface area (Å²) in [5, 5.41) is 2.70. The molecule has 0 spiro atoms. The van der Waals surface area contributed by atoms with E-state index in [9.17, 15) is 9.59 Å². The number of carbonyl (C=O) groups is 2. The fourth-order valence-electron chi connectivity index (χ4n) is 2.92. The zero-order valence-electron chi connectivity index (χ0n) is 14.7. The minimum atomic E-state index is -0.161. The van der Waals surface area contributed by atoms with Crippen LogP contribution in [-0.4, -0.2) is 26.7 Å². The second kappa shape index (κ2) is 7.01. The van der Waals surface area contributed by atoms with Crippen LogP contribution in [0.5, 0.6) is 0 Å². The van der Waals surface area contributed by atoms with Gasteiger partial charge in [-0.05, 0) is 24.1 Å². The molecule has 6 heteroatoms. The standard InChI is InChI=1S/C19H22N4O2/c1-12(2)7-18-20-9-15-10-23(11-17(15)22-18)19(25)14-5-4-6-16(8-14)21-13(3)24/h4-6,8-9,12H,7,10-11H2,1-3H3,(H,21,24). The summed E-state index contributed by atoms with van der Waals surface area (Å²) in [5.41, 5.74) is 3.10. The van der Waals surface area contributed by atoms with Gasteiger partial charge in [0, 0.05) is 42.9 Å². The fourth-order valence-corrected chi connectivity index (χ4v) is 2.92. The molecule has 1 aromatic carbocycles. The summed E-state index contributed by atoms with van der Waals surface area (Å²) in [6, 6.07) is 6.98. The quantitative estimate of drug-likeness (QED) is 0.930. The van der Waals surface area contributed by atoms with Crippen LogP contribution in [0.1, 0.15) is 48.2 Å². The van der Waals surface area contributed by atoms with Crippen molar-refractivity contribution in [3.63, 3.8) is 0 Å². The van der Waals surface area contributed by atoms with E-state index in [1.807, 2.05) is 6.20 Å². The molecule has 0 bridgehead atoms. The molecular weight excluding hydrogens is 316 g/mol. The van der Waals surface area contributed by atoms with Gasteiger partial charge in [0.2, 0.25) is 5.91 Å². The summed E-state index contributed by atoms with van der Waals surface area (Å²) in [6.07, 6.45) is 2.67. The average molecular weight is 338 g/mol. The van der Waals surface area contributed by atoms with E-state index in [2.05, 4.69) is 29.1 Å². The zero-order chi connectivity index (χ0) is 18.0. The molecule has 1 aliphatic rings. The van der Waals surface area contributed by atoms with Crippen LogP contribution in [0.15, 0.2) is 30.5 Å². The first-order valence-corrected chi connectivity index (χ1v) is 8.43. The van der Waals surface area contributed by atoms with Crippen LogP contribution in [-0.2, 0) is 24.3 Å². The molecule has 6 nitrogen and oxygen atoms in total. The number of aromatic nitrogens is 2. The summed E-state index contributed by atoms with van der Waals surface area (Å²) < 4.78 is 0. The molecule has 2 aromatic rings. The highest BCUT2D eigenvalue weighted by atomic mass is 16.2. The third-order valence-electron chi connectivity index (χ3n) is 4.01. The van der Waals surface area contributed by atoms with Crippen molar-refractivity contribution >= 4 is 17.5 Å². The van der Waals surface area contributed by atoms with Gasteiger partial charge in [0.25, 0.3) is 5.91 Å². The molecule has 1 N–H and O–H groups in total. The number of fused-ring (bicyclic) bond motifs is 1. The van der Waals surface area contributed by atoms with Crippen molar-refractivity contribution in [2.75, 3.05) is 5.32 Å². The smallest absolute Gasteiger partial charge is 0.254 e. The highest BCUT2D eigenvalue weighted by Crippen LogP contribution is 2.23. The van der Waals surface area contributed by atoms with Crippen molar-refractivity contribution in [2.45, 2.75) is 40.3 Å². The van der Waals surface area contributed by atoms with E-state index >= 15 is 0 Å². The summed E-state index contributed by atoms with van der Waals surface area (Å²) in [6.45, 7) is 6.72. The Morgan fingerprint density at radius 2 is 2.08 bits per heavy atom. The van der Waals surface area contributed by atoms with Crippen LogP contribution in [0.4, 0.5) is 5.69 Å². The van der Waals surface area contributed by atoms with Crippen molar-refractivity contribution < 1.29 is 9.59 Å². The van der Waals surface area contributed by atoms with Crippen molar-refractivity contribution in [3.8, 4) is 0 Å². The van der Waals surface area contributed by atoms with E-state index in [4.69, 9.17) is 0 Å². The molecule has 3 rings (SSSR count). The van der Waals surface area contributed by atoms with E-state index in [0.717, 1.165) is 23.5 Å². The van der Waals surface area contributed by atoms with Gasteiger partial charge in [0.05, 0.1) is 12.2 Å². The Morgan fingerprint density at radius 3 is 2.80 bits per heavy atom. The van der Waals surface area contributed by atoms with E-state index in [1.54, 1.807) is 29.2 Å². The topological polar surface area (TPSA) is 75.2 Å². The molecule has 2 amide bonds. The minimum absolute atomic E-state index is 0.0735. The van der Waals surface area contributed by atoms with Gasteiger partial charge in [0.15, 0.2) is 0 Å². The molecule has 0 saturated heterocycles. The Bertz CT molecular complexity index is 817. The molecule has 130 valence electrons. The van der Waals surface area contributed by atoms with Gasteiger partial charge in [0.1, 0.15) is 5.82 Å². The van der Waals surface area contributed by atoms with Gasteiger partial charge >= 0.3 is 0 Å². The van der Waals surface area contributed by atoms with Gasteiger partial charge in [-0.2, -0.15) is 0 Å². The van der Waals surface area contributed by atoms with Crippen LogP contribution in [0.25, 0.3) is 0 Å². The fraction of sp³-hybridized carbons (Fsp3) is 0.368. The van der Waals surface area contributed by atoms with Gasteiger partial charge in [-0.1, -0.05) is 19.9 Å². The molecule has 0 fully saturated rings. The highest BCUT2D eigenvalue weighted by molar-refractivity contribution is 5.97. The van der Waals surface area contributed by atoms with E-state index in [0.29, 0.717) is 30.3 Å². The molecule has 0 unspecified atom stereocenters. The molecule has 0 saturated carbocycles. The minimum Gasteiger partial charge on any atom is -0.328 e. The number of hydrogen-bond acceptors (Lipinski definition) is 4. The first-order valence-electron chi connectivity index (χ1n) is 8.43. The second-order valence-corrected chi connectivity index (χ2v) is 6.78. The number of anilines is 1. The molecule has 1 aromatic heterocycles. The van der Waals surface area contributed by atoms with Gasteiger partial charge in [-0.3, -0.25) is 9.59 Å². The van der Waals surface area contributed by atoms with Crippen LogP contribution >= 0.6 is 0 Å². The lowest BCUT2D eigenvalue weighted by molar-refractivity contribution is -0.114. The number of nitrogens with zero attached hydrogens (tertiary/aromatic N) is 3.